The van der Waals surface area contributed by atoms with Crippen molar-refractivity contribution in [3.05, 3.63) is 0 Å². The molecule has 0 atom stereocenters. The summed E-state index contributed by atoms with van der Waals surface area (Å²) in [5.74, 6) is 0. The third-order valence-corrected chi connectivity index (χ3v) is 1.58. The summed E-state index contributed by atoms with van der Waals surface area (Å²) in [5, 5.41) is 4.21. The predicted octanol–water partition coefficient (Wildman–Crippen LogP) is -0.700. The molecule has 1 fully saturated rings. The Morgan fingerprint density at radius 1 is 1.50 bits per heavy atom. The van der Waals surface area contributed by atoms with Gasteiger partial charge >= 0.3 is 0 Å². The van der Waals surface area contributed by atoms with E-state index in [1.807, 2.05) is 7.05 Å². The van der Waals surface area contributed by atoms with Crippen molar-refractivity contribution in [2.24, 2.45) is 0 Å². The zero-order chi connectivity index (χ0) is 7.40. The van der Waals surface area contributed by atoms with Crippen molar-refractivity contribution in [1.29, 1.82) is 0 Å². The van der Waals surface area contributed by atoms with E-state index in [2.05, 4.69) is 15.6 Å². The van der Waals surface area contributed by atoms with Crippen LogP contribution in [0.5, 0.6) is 0 Å². The van der Waals surface area contributed by atoms with E-state index in [1.54, 1.807) is 7.11 Å². The first-order valence-corrected chi connectivity index (χ1v) is 3.54. The molecule has 0 aromatic carbocycles. The minimum absolute atomic E-state index is 0.792. The lowest BCUT2D eigenvalue weighted by molar-refractivity contribution is 0.0979. The molecule has 0 unspecified atom stereocenters. The number of hydrazine groups is 2. The lowest BCUT2D eigenvalue weighted by Gasteiger charge is -2.15. The van der Waals surface area contributed by atoms with E-state index in [4.69, 9.17) is 4.74 Å². The third-order valence-electron chi connectivity index (χ3n) is 1.58. The average Bonchev–Trinajstić information content (AvgIpc) is 2.31. The second-order valence-corrected chi connectivity index (χ2v) is 2.50. The summed E-state index contributed by atoms with van der Waals surface area (Å²) >= 11 is 0. The van der Waals surface area contributed by atoms with E-state index < -0.39 is 0 Å². The first-order chi connectivity index (χ1) is 4.83. The molecule has 0 spiro atoms. The summed E-state index contributed by atoms with van der Waals surface area (Å²) < 4.78 is 4.94. The van der Waals surface area contributed by atoms with E-state index in [0.29, 0.717) is 0 Å². The molecule has 0 amide bonds. The summed E-state index contributed by atoms with van der Waals surface area (Å²) in [4.78, 5) is 0. The minimum atomic E-state index is 0.792. The van der Waals surface area contributed by atoms with Crippen molar-refractivity contribution in [3.63, 3.8) is 0 Å². The SMILES string of the molecule is COCCN1CCN(C)N1. The second kappa shape index (κ2) is 3.88. The van der Waals surface area contributed by atoms with Gasteiger partial charge in [0.2, 0.25) is 0 Å². The van der Waals surface area contributed by atoms with Gasteiger partial charge < -0.3 is 4.74 Å². The predicted molar refractivity (Wildman–Crippen MR) is 39.2 cm³/mol. The van der Waals surface area contributed by atoms with Crippen LogP contribution in [-0.4, -0.2) is 50.4 Å². The fraction of sp³-hybridized carbons (Fsp3) is 1.00. The molecular formula is C6H15N3O. The Morgan fingerprint density at radius 2 is 2.30 bits per heavy atom. The number of ether oxygens (including phenoxy) is 1. The van der Waals surface area contributed by atoms with Gasteiger partial charge in [-0.05, 0) is 0 Å². The molecule has 1 aliphatic heterocycles. The zero-order valence-corrected chi connectivity index (χ0v) is 6.63. The molecule has 1 rings (SSSR count). The monoisotopic (exact) mass is 145 g/mol. The number of hydrogen-bond acceptors (Lipinski definition) is 4. The second-order valence-electron chi connectivity index (χ2n) is 2.50. The molecule has 0 aliphatic carbocycles. The van der Waals surface area contributed by atoms with Crippen LogP contribution >= 0.6 is 0 Å². The van der Waals surface area contributed by atoms with Gasteiger partial charge in [-0.25, -0.2) is 10.0 Å². The van der Waals surface area contributed by atoms with Crippen molar-refractivity contribution >= 4 is 0 Å². The molecule has 60 valence electrons. The first kappa shape index (κ1) is 7.94. The molecule has 1 heterocycles. The Balaban J connectivity index is 2.06. The molecule has 1 aliphatic rings. The summed E-state index contributed by atoms with van der Waals surface area (Å²) in [5.41, 5.74) is 3.18. The number of nitrogens with zero attached hydrogens (tertiary/aromatic N) is 2. The minimum Gasteiger partial charge on any atom is -0.383 e. The van der Waals surface area contributed by atoms with Crippen LogP contribution in [0.4, 0.5) is 0 Å². The van der Waals surface area contributed by atoms with Gasteiger partial charge in [0.15, 0.2) is 0 Å². The van der Waals surface area contributed by atoms with E-state index in [-0.39, 0.29) is 0 Å². The molecular weight excluding hydrogens is 130 g/mol. The highest BCUT2D eigenvalue weighted by molar-refractivity contribution is 4.59. The maximum Gasteiger partial charge on any atom is 0.0604 e. The summed E-state index contributed by atoms with van der Waals surface area (Å²) in [6.07, 6.45) is 0. The molecule has 0 radical (unpaired) electrons. The molecule has 0 aromatic heterocycles. The Labute approximate surface area is 61.7 Å². The van der Waals surface area contributed by atoms with Gasteiger partial charge in [-0.15, -0.1) is 0 Å². The fourth-order valence-electron chi connectivity index (χ4n) is 0.975. The van der Waals surface area contributed by atoms with Crippen molar-refractivity contribution in [2.75, 3.05) is 40.4 Å². The van der Waals surface area contributed by atoms with Gasteiger partial charge in [0, 0.05) is 33.8 Å². The number of hydrogen-bond donors (Lipinski definition) is 1. The molecule has 1 saturated heterocycles. The van der Waals surface area contributed by atoms with Crippen LogP contribution in [0.1, 0.15) is 0 Å². The Bertz CT molecular complexity index is 99.0. The fourth-order valence-corrected chi connectivity index (χ4v) is 0.975. The normalized spacial score (nSPS) is 22.2. The Kier molecular flexibility index (Phi) is 3.08. The average molecular weight is 145 g/mol. The topological polar surface area (TPSA) is 27.7 Å². The Morgan fingerprint density at radius 3 is 2.80 bits per heavy atom. The van der Waals surface area contributed by atoms with Gasteiger partial charge in [-0.2, -0.15) is 5.53 Å². The van der Waals surface area contributed by atoms with E-state index in [0.717, 1.165) is 26.2 Å². The number of nitrogens with one attached hydrogen (secondary N) is 1. The number of likely N-dealkylation sites (N-methyl/N-ethyl adjacent to an activating group) is 1. The number of rotatable bonds is 3. The van der Waals surface area contributed by atoms with Gasteiger partial charge in [-0.3, -0.25) is 0 Å². The van der Waals surface area contributed by atoms with Gasteiger partial charge in [0.05, 0.1) is 6.61 Å². The molecule has 10 heavy (non-hydrogen) atoms. The molecule has 0 aromatic rings. The van der Waals surface area contributed by atoms with E-state index >= 15 is 0 Å². The van der Waals surface area contributed by atoms with Gasteiger partial charge in [0.25, 0.3) is 0 Å². The molecule has 4 heteroatoms. The van der Waals surface area contributed by atoms with Crippen LogP contribution in [0.25, 0.3) is 0 Å². The van der Waals surface area contributed by atoms with E-state index in [9.17, 15) is 0 Å². The van der Waals surface area contributed by atoms with Crippen molar-refractivity contribution < 1.29 is 4.74 Å². The molecule has 1 N–H and O–H groups in total. The zero-order valence-electron chi connectivity index (χ0n) is 6.63. The highest BCUT2D eigenvalue weighted by Crippen LogP contribution is 1.93. The lowest BCUT2D eigenvalue weighted by Crippen LogP contribution is -2.38. The molecule has 0 saturated carbocycles. The Hall–Kier alpha value is -0.160. The van der Waals surface area contributed by atoms with Crippen LogP contribution in [0, 0.1) is 0 Å². The maximum atomic E-state index is 4.94. The largest absolute Gasteiger partial charge is 0.383 e. The summed E-state index contributed by atoms with van der Waals surface area (Å²) in [6.45, 7) is 3.92. The van der Waals surface area contributed by atoms with Crippen LogP contribution in [0.3, 0.4) is 0 Å². The number of methoxy groups -OCH3 is 1. The van der Waals surface area contributed by atoms with Crippen LogP contribution in [0.2, 0.25) is 0 Å². The quantitative estimate of drug-likeness (QED) is 0.568. The van der Waals surface area contributed by atoms with Crippen LogP contribution in [0.15, 0.2) is 0 Å². The maximum absolute atomic E-state index is 4.94. The van der Waals surface area contributed by atoms with E-state index in [1.165, 1.54) is 0 Å². The third kappa shape index (κ3) is 2.22. The van der Waals surface area contributed by atoms with Crippen molar-refractivity contribution in [2.45, 2.75) is 0 Å². The molecule has 4 nitrogen and oxygen atoms in total. The highest BCUT2D eigenvalue weighted by atomic mass is 16.5. The van der Waals surface area contributed by atoms with Gasteiger partial charge in [-0.1, -0.05) is 0 Å². The van der Waals surface area contributed by atoms with Crippen molar-refractivity contribution in [3.8, 4) is 0 Å². The summed E-state index contributed by atoms with van der Waals surface area (Å²) in [7, 11) is 3.76. The standard InChI is InChI=1S/C6H15N3O/c1-8-3-4-9(7-8)5-6-10-2/h7H,3-6H2,1-2H3. The first-order valence-electron chi connectivity index (χ1n) is 3.54. The highest BCUT2D eigenvalue weighted by Gasteiger charge is 2.13. The molecule has 0 bridgehead atoms. The lowest BCUT2D eigenvalue weighted by atomic mass is 10.6. The van der Waals surface area contributed by atoms with Gasteiger partial charge in [0.1, 0.15) is 0 Å². The van der Waals surface area contributed by atoms with Crippen molar-refractivity contribution in [1.82, 2.24) is 15.6 Å². The van der Waals surface area contributed by atoms with Crippen LogP contribution < -0.4 is 5.53 Å². The van der Waals surface area contributed by atoms with Crippen LogP contribution in [-0.2, 0) is 4.74 Å². The smallest absolute Gasteiger partial charge is 0.0604 e. The summed E-state index contributed by atoms with van der Waals surface area (Å²) in [6, 6.07) is 0.